The van der Waals surface area contributed by atoms with Crippen LogP contribution in [0, 0.1) is 0 Å². The van der Waals surface area contributed by atoms with Crippen molar-refractivity contribution in [2.75, 3.05) is 45.6 Å². The first-order valence-electron chi connectivity index (χ1n) is 10.1. The van der Waals surface area contributed by atoms with Crippen LogP contribution in [0.3, 0.4) is 0 Å². The van der Waals surface area contributed by atoms with Crippen molar-refractivity contribution >= 4 is 21.6 Å². The molecule has 2 aromatic rings. The van der Waals surface area contributed by atoms with Gasteiger partial charge >= 0.3 is 0 Å². The minimum atomic E-state index is -1.23. The minimum Gasteiger partial charge on any atom is -0.396 e. The van der Waals surface area contributed by atoms with Gasteiger partial charge in [-0.3, -0.25) is 9.11 Å². The topological polar surface area (TPSA) is 60.9 Å². The lowest BCUT2D eigenvalue weighted by Crippen LogP contribution is -2.48. The molecular formula is C22H28N2O3S2. The van der Waals surface area contributed by atoms with Crippen molar-refractivity contribution < 1.29 is 13.5 Å². The van der Waals surface area contributed by atoms with Crippen LogP contribution in [-0.4, -0.2) is 68.9 Å². The van der Waals surface area contributed by atoms with Crippen molar-refractivity contribution in [3.05, 3.63) is 53.6 Å². The van der Waals surface area contributed by atoms with Crippen LogP contribution in [0.1, 0.15) is 23.6 Å². The highest BCUT2D eigenvalue weighted by molar-refractivity contribution is 7.85. The molecule has 0 spiro atoms. The molecule has 1 N–H and O–H groups in total. The lowest BCUT2D eigenvalue weighted by molar-refractivity contribution is 0.0898. The van der Waals surface area contributed by atoms with Crippen LogP contribution < -0.4 is 0 Å². The average molecular weight is 433 g/mol. The molecule has 0 amide bonds. The van der Waals surface area contributed by atoms with E-state index in [1.54, 1.807) is 6.26 Å². The second kappa shape index (κ2) is 9.18. The summed E-state index contributed by atoms with van der Waals surface area (Å²) in [6.45, 7) is 4.96. The van der Waals surface area contributed by atoms with Gasteiger partial charge in [-0.25, -0.2) is 4.21 Å². The Morgan fingerprint density at radius 2 is 1.86 bits per heavy atom. The second-order valence-corrected chi connectivity index (χ2v) is 10.5. The standard InChI is InChI=1S/C22H28N2O3S2/c1-28(26)18-7-8-22-19(16-18)20(15-17-5-2-3-6-21(17)29(22)27)24-12-10-23(11-13-24)9-4-14-25/h2-3,5-8,16,20,25H,4,9-15H2,1H3/t20-,28-,29+/m1/s1. The molecule has 2 aliphatic heterocycles. The van der Waals surface area contributed by atoms with Gasteiger partial charge in [-0.05, 0) is 48.2 Å². The first-order valence-corrected chi connectivity index (χ1v) is 12.8. The molecule has 4 rings (SSSR count). The predicted octanol–water partition coefficient (Wildman–Crippen LogP) is 2.19. The molecule has 0 unspecified atom stereocenters. The van der Waals surface area contributed by atoms with Crippen LogP contribution in [0.15, 0.2) is 57.2 Å². The van der Waals surface area contributed by atoms with Crippen LogP contribution in [-0.2, 0) is 28.0 Å². The number of aliphatic hydroxyl groups excluding tert-OH is 1. The highest BCUT2D eigenvalue weighted by Gasteiger charge is 2.32. The monoisotopic (exact) mass is 432 g/mol. The van der Waals surface area contributed by atoms with Gasteiger partial charge in [0.05, 0.1) is 10.8 Å². The van der Waals surface area contributed by atoms with Crippen molar-refractivity contribution in [2.45, 2.75) is 33.6 Å². The minimum absolute atomic E-state index is 0.126. The largest absolute Gasteiger partial charge is 0.396 e. The molecule has 2 aromatic carbocycles. The zero-order chi connectivity index (χ0) is 20.4. The third-order valence-corrected chi connectivity index (χ3v) is 8.42. The van der Waals surface area contributed by atoms with Crippen LogP contribution in [0.4, 0.5) is 0 Å². The van der Waals surface area contributed by atoms with Gasteiger partial charge in [0.1, 0.15) is 0 Å². The summed E-state index contributed by atoms with van der Waals surface area (Å²) in [4.78, 5) is 7.41. The van der Waals surface area contributed by atoms with E-state index in [0.29, 0.717) is 0 Å². The fraction of sp³-hybridized carbons (Fsp3) is 0.455. The number of aliphatic hydroxyl groups is 1. The zero-order valence-corrected chi connectivity index (χ0v) is 18.4. The highest BCUT2D eigenvalue weighted by Crippen LogP contribution is 2.38. The molecule has 2 aliphatic rings. The Bertz CT molecular complexity index is 926. The summed E-state index contributed by atoms with van der Waals surface area (Å²) < 4.78 is 25.5. The van der Waals surface area contributed by atoms with Crippen molar-refractivity contribution in [1.82, 2.24) is 9.80 Å². The van der Waals surface area contributed by atoms with Crippen LogP contribution in [0.25, 0.3) is 0 Å². The lowest BCUT2D eigenvalue weighted by Gasteiger charge is -2.39. The number of hydrogen-bond acceptors (Lipinski definition) is 5. The van der Waals surface area contributed by atoms with Gasteiger partial charge in [-0.1, -0.05) is 18.2 Å². The Balaban J connectivity index is 1.69. The summed E-state index contributed by atoms with van der Waals surface area (Å²) >= 11 is 0. The maximum Gasteiger partial charge on any atom is 0.0855 e. The number of piperazine rings is 1. The number of rotatable bonds is 5. The molecule has 1 saturated heterocycles. The summed E-state index contributed by atoms with van der Waals surface area (Å²) in [5.41, 5.74) is 2.19. The first kappa shape index (κ1) is 20.9. The van der Waals surface area contributed by atoms with E-state index in [1.165, 1.54) is 0 Å². The van der Waals surface area contributed by atoms with E-state index in [1.807, 2.05) is 36.4 Å². The smallest absolute Gasteiger partial charge is 0.0855 e. The highest BCUT2D eigenvalue weighted by atomic mass is 32.2. The third kappa shape index (κ3) is 4.39. The quantitative estimate of drug-likeness (QED) is 0.785. The fourth-order valence-corrected chi connectivity index (χ4v) is 6.33. The maximum atomic E-state index is 13.4. The van der Waals surface area contributed by atoms with E-state index in [0.717, 1.165) is 71.4 Å². The van der Waals surface area contributed by atoms with E-state index >= 15 is 0 Å². The molecule has 7 heteroatoms. The van der Waals surface area contributed by atoms with Gasteiger partial charge in [0, 0.05) is 77.1 Å². The molecule has 0 saturated carbocycles. The van der Waals surface area contributed by atoms with E-state index in [4.69, 9.17) is 5.11 Å². The second-order valence-electron chi connectivity index (χ2n) is 7.70. The van der Waals surface area contributed by atoms with Gasteiger partial charge in [-0.15, -0.1) is 0 Å². The maximum absolute atomic E-state index is 13.4. The number of hydrogen-bond donors (Lipinski definition) is 1. The Kier molecular flexibility index (Phi) is 6.61. The van der Waals surface area contributed by atoms with Crippen molar-refractivity contribution in [3.8, 4) is 0 Å². The van der Waals surface area contributed by atoms with Crippen molar-refractivity contribution in [3.63, 3.8) is 0 Å². The molecule has 5 nitrogen and oxygen atoms in total. The molecule has 0 radical (unpaired) electrons. The summed E-state index contributed by atoms with van der Waals surface area (Å²) in [6.07, 6.45) is 3.31. The van der Waals surface area contributed by atoms with Crippen LogP contribution in [0.2, 0.25) is 0 Å². The normalized spacial score (nSPS) is 23.8. The SMILES string of the molecule is C[S@@](=O)c1ccc2c(c1)[C@H](N1CCN(CCCO)CC1)Cc1ccccc1[S@@]2=O. The van der Waals surface area contributed by atoms with E-state index in [9.17, 15) is 8.42 Å². The Labute approximate surface area is 177 Å². The van der Waals surface area contributed by atoms with E-state index in [2.05, 4.69) is 15.9 Å². The average Bonchev–Trinajstić information content (AvgIpc) is 2.87. The number of fused-ring (bicyclic) bond motifs is 2. The Morgan fingerprint density at radius 1 is 1.10 bits per heavy atom. The van der Waals surface area contributed by atoms with Gasteiger partial charge in [0.25, 0.3) is 0 Å². The van der Waals surface area contributed by atoms with E-state index < -0.39 is 21.6 Å². The molecule has 1 fully saturated rings. The Hall–Kier alpha value is -1.38. The summed E-state index contributed by atoms with van der Waals surface area (Å²) in [6, 6.07) is 13.9. The first-order chi connectivity index (χ1) is 14.1. The van der Waals surface area contributed by atoms with Crippen molar-refractivity contribution in [2.24, 2.45) is 0 Å². The third-order valence-electron chi connectivity index (χ3n) is 5.94. The number of nitrogens with zero attached hydrogens (tertiary/aromatic N) is 2. The molecule has 0 aliphatic carbocycles. The van der Waals surface area contributed by atoms with Crippen molar-refractivity contribution in [1.29, 1.82) is 0 Å². The molecule has 3 atom stereocenters. The number of benzene rings is 2. The fourth-order valence-electron chi connectivity index (χ4n) is 4.34. The molecule has 156 valence electrons. The summed E-state index contributed by atoms with van der Waals surface area (Å²) in [7, 11) is -2.30. The summed E-state index contributed by atoms with van der Waals surface area (Å²) in [5, 5.41) is 9.09. The van der Waals surface area contributed by atoms with Crippen LogP contribution in [0.5, 0.6) is 0 Å². The molecule has 29 heavy (non-hydrogen) atoms. The van der Waals surface area contributed by atoms with Crippen LogP contribution >= 0.6 is 0 Å². The Morgan fingerprint density at radius 3 is 2.59 bits per heavy atom. The molecular weight excluding hydrogens is 404 g/mol. The van der Waals surface area contributed by atoms with Gasteiger partial charge in [-0.2, -0.15) is 0 Å². The summed E-state index contributed by atoms with van der Waals surface area (Å²) in [5.74, 6) is 0. The predicted molar refractivity (Wildman–Crippen MR) is 116 cm³/mol. The molecule has 0 bridgehead atoms. The lowest BCUT2D eigenvalue weighted by atomic mass is 9.96. The molecule has 2 heterocycles. The van der Waals surface area contributed by atoms with Gasteiger partial charge < -0.3 is 10.0 Å². The van der Waals surface area contributed by atoms with Gasteiger partial charge in [0.2, 0.25) is 0 Å². The van der Waals surface area contributed by atoms with Gasteiger partial charge in [0.15, 0.2) is 0 Å². The van der Waals surface area contributed by atoms with E-state index in [-0.39, 0.29) is 12.6 Å². The molecule has 0 aromatic heterocycles. The zero-order valence-electron chi connectivity index (χ0n) is 16.8.